The summed E-state index contributed by atoms with van der Waals surface area (Å²) in [6, 6.07) is 0.649. The molecule has 1 saturated carbocycles. The van der Waals surface area contributed by atoms with Gasteiger partial charge in [-0.05, 0) is 44.2 Å². The molecule has 17 heavy (non-hydrogen) atoms. The van der Waals surface area contributed by atoms with Crippen molar-refractivity contribution in [1.29, 1.82) is 0 Å². The average molecular weight is 242 g/mol. The Morgan fingerprint density at radius 2 is 2.12 bits per heavy atom. The third kappa shape index (κ3) is 4.57. The van der Waals surface area contributed by atoms with Crippen LogP contribution in [-0.4, -0.2) is 49.3 Å². The fraction of sp³-hybridized carbons (Fsp3) is 1.00. The van der Waals surface area contributed by atoms with Crippen molar-refractivity contribution >= 4 is 0 Å². The Hall–Kier alpha value is -0.120. The smallest absolute Gasteiger partial charge is 0.0558 e. The molecule has 0 spiro atoms. The van der Waals surface area contributed by atoms with Gasteiger partial charge >= 0.3 is 0 Å². The van der Waals surface area contributed by atoms with Gasteiger partial charge in [0.05, 0.1) is 6.61 Å². The zero-order chi connectivity index (χ0) is 12.9. The Kier molecular flexibility index (Phi) is 5.90. The zero-order valence-electron chi connectivity index (χ0n) is 12.0. The molecule has 0 amide bonds. The molecule has 1 rings (SSSR count). The lowest BCUT2D eigenvalue weighted by atomic mass is 9.69. The lowest BCUT2D eigenvalue weighted by Crippen LogP contribution is -2.46. The van der Waals surface area contributed by atoms with Crippen LogP contribution in [0.4, 0.5) is 0 Å². The highest BCUT2D eigenvalue weighted by Gasteiger charge is 2.34. The highest BCUT2D eigenvalue weighted by molar-refractivity contribution is 4.89. The summed E-state index contributed by atoms with van der Waals surface area (Å²) in [7, 11) is 2.08. The van der Waals surface area contributed by atoms with Crippen molar-refractivity contribution in [3.05, 3.63) is 0 Å². The quantitative estimate of drug-likeness (QED) is 0.744. The van der Waals surface area contributed by atoms with Crippen LogP contribution in [0.25, 0.3) is 0 Å². The van der Waals surface area contributed by atoms with Crippen LogP contribution in [-0.2, 0) is 0 Å². The van der Waals surface area contributed by atoms with Gasteiger partial charge in [0.2, 0.25) is 0 Å². The van der Waals surface area contributed by atoms with Gasteiger partial charge in [-0.1, -0.05) is 20.8 Å². The zero-order valence-corrected chi connectivity index (χ0v) is 12.0. The van der Waals surface area contributed by atoms with E-state index in [0.717, 1.165) is 25.6 Å². The van der Waals surface area contributed by atoms with Gasteiger partial charge in [-0.3, -0.25) is 0 Å². The van der Waals surface area contributed by atoms with E-state index in [1.807, 2.05) is 0 Å². The van der Waals surface area contributed by atoms with E-state index in [2.05, 4.69) is 38.0 Å². The van der Waals surface area contributed by atoms with Crippen LogP contribution in [0.2, 0.25) is 0 Å². The number of aliphatic hydroxyl groups is 1. The number of hydrogen-bond donors (Lipinski definition) is 2. The first-order valence-corrected chi connectivity index (χ1v) is 7.03. The molecular weight excluding hydrogens is 212 g/mol. The van der Waals surface area contributed by atoms with Crippen LogP contribution >= 0.6 is 0 Å². The van der Waals surface area contributed by atoms with Crippen molar-refractivity contribution in [2.24, 2.45) is 11.3 Å². The molecule has 2 atom stereocenters. The fourth-order valence-corrected chi connectivity index (χ4v) is 3.16. The van der Waals surface area contributed by atoms with Gasteiger partial charge in [0.1, 0.15) is 0 Å². The number of hydrogen-bond acceptors (Lipinski definition) is 3. The lowest BCUT2D eigenvalue weighted by molar-refractivity contribution is 0.0962. The molecule has 3 nitrogen and oxygen atoms in total. The van der Waals surface area contributed by atoms with Crippen molar-refractivity contribution in [1.82, 2.24) is 10.2 Å². The lowest BCUT2D eigenvalue weighted by Gasteiger charge is -2.42. The minimum Gasteiger partial charge on any atom is -0.395 e. The molecule has 0 aromatic carbocycles. The summed E-state index contributed by atoms with van der Waals surface area (Å²) >= 11 is 0. The van der Waals surface area contributed by atoms with E-state index in [9.17, 15) is 0 Å². The maximum absolute atomic E-state index is 9.07. The van der Waals surface area contributed by atoms with Gasteiger partial charge < -0.3 is 15.3 Å². The van der Waals surface area contributed by atoms with Crippen LogP contribution in [0.1, 0.15) is 40.0 Å². The van der Waals surface area contributed by atoms with Gasteiger partial charge in [-0.15, -0.1) is 0 Å². The topological polar surface area (TPSA) is 35.5 Å². The predicted octanol–water partition coefficient (Wildman–Crippen LogP) is 1.71. The molecule has 1 aliphatic carbocycles. The van der Waals surface area contributed by atoms with Crippen molar-refractivity contribution in [2.45, 2.75) is 46.1 Å². The first-order valence-electron chi connectivity index (χ1n) is 7.03. The van der Waals surface area contributed by atoms with Crippen molar-refractivity contribution in [3.63, 3.8) is 0 Å². The third-order valence-electron chi connectivity index (χ3n) is 4.24. The maximum Gasteiger partial charge on any atom is 0.0558 e. The molecule has 0 aliphatic heterocycles. The van der Waals surface area contributed by atoms with E-state index >= 15 is 0 Å². The third-order valence-corrected chi connectivity index (χ3v) is 4.24. The van der Waals surface area contributed by atoms with E-state index in [1.54, 1.807) is 0 Å². The first-order chi connectivity index (χ1) is 8.02. The molecule has 0 aromatic rings. The number of rotatable bonds is 6. The Morgan fingerprint density at radius 3 is 2.65 bits per heavy atom. The summed E-state index contributed by atoms with van der Waals surface area (Å²) in [5, 5.41) is 12.5. The predicted molar refractivity (Wildman–Crippen MR) is 73.2 cm³/mol. The SMILES string of the molecule is CCN(CCO)CC1CC(C)(C)CCC1NC. The standard InChI is InChI=1S/C14H30N2O/c1-5-16(8-9-17)11-12-10-14(2,3)7-6-13(12)15-4/h12-13,15,17H,5-11H2,1-4H3. The van der Waals surface area contributed by atoms with Crippen LogP contribution in [0.15, 0.2) is 0 Å². The van der Waals surface area contributed by atoms with Gasteiger partial charge in [0.15, 0.2) is 0 Å². The largest absolute Gasteiger partial charge is 0.395 e. The van der Waals surface area contributed by atoms with Gasteiger partial charge in [0.25, 0.3) is 0 Å². The number of aliphatic hydroxyl groups excluding tert-OH is 1. The average Bonchev–Trinajstić information content (AvgIpc) is 2.27. The monoisotopic (exact) mass is 242 g/mol. The van der Waals surface area contributed by atoms with Crippen LogP contribution in [0.3, 0.4) is 0 Å². The highest BCUT2D eigenvalue weighted by Crippen LogP contribution is 2.38. The summed E-state index contributed by atoms with van der Waals surface area (Å²) in [5.74, 6) is 0.718. The van der Waals surface area contributed by atoms with Crippen molar-refractivity contribution < 1.29 is 5.11 Å². The summed E-state index contributed by atoms with van der Waals surface area (Å²) in [5.41, 5.74) is 0.483. The second-order valence-corrected chi connectivity index (χ2v) is 6.18. The van der Waals surface area contributed by atoms with Crippen molar-refractivity contribution in [2.75, 3.05) is 33.3 Å². The molecule has 102 valence electrons. The maximum atomic E-state index is 9.07. The number of nitrogens with one attached hydrogen (secondary N) is 1. The Labute approximate surface area is 107 Å². The van der Waals surface area contributed by atoms with Crippen LogP contribution in [0.5, 0.6) is 0 Å². The van der Waals surface area contributed by atoms with E-state index in [0.29, 0.717) is 11.5 Å². The molecule has 1 aliphatic rings. The van der Waals surface area contributed by atoms with E-state index < -0.39 is 0 Å². The van der Waals surface area contributed by atoms with Gasteiger partial charge in [-0.25, -0.2) is 0 Å². The molecule has 0 saturated heterocycles. The summed E-state index contributed by atoms with van der Waals surface area (Å²) in [4.78, 5) is 2.37. The van der Waals surface area contributed by atoms with Crippen molar-refractivity contribution in [3.8, 4) is 0 Å². The van der Waals surface area contributed by atoms with Crippen LogP contribution in [0, 0.1) is 11.3 Å². The summed E-state index contributed by atoms with van der Waals surface area (Å²) in [6.45, 7) is 10.2. The summed E-state index contributed by atoms with van der Waals surface area (Å²) in [6.07, 6.45) is 3.90. The number of nitrogens with zero attached hydrogens (tertiary/aromatic N) is 1. The second-order valence-electron chi connectivity index (χ2n) is 6.18. The Morgan fingerprint density at radius 1 is 1.41 bits per heavy atom. The highest BCUT2D eigenvalue weighted by atomic mass is 16.3. The molecule has 2 unspecified atom stereocenters. The minimum atomic E-state index is 0.272. The first kappa shape index (κ1) is 14.9. The molecule has 0 radical (unpaired) electrons. The molecule has 0 bridgehead atoms. The normalized spacial score (nSPS) is 28.6. The number of likely N-dealkylation sites (N-methyl/N-ethyl adjacent to an activating group) is 1. The van der Waals surface area contributed by atoms with E-state index in [1.165, 1.54) is 19.3 Å². The van der Waals surface area contributed by atoms with Crippen LogP contribution < -0.4 is 5.32 Å². The van der Waals surface area contributed by atoms with E-state index in [-0.39, 0.29) is 6.61 Å². The fourth-order valence-electron chi connectivity index (χ4n) is 3.16. The van der Waals surface area contributed by atoms with E-state index in [4.69, 9.17) is 5.11 Å². The Bertz CT molecular complexity index is 218. The van der Waals surface area contributed by atoms with Gasteiger partial charge in [0, 0.05) is 19.1 Å². The molecular formula is C14H30N2O. The molecule has 0 aromatic heterocycles. The molecule has 2 N–H and O–H groups in total. The minimum absolute atomic E-state index is 0.272. The Balaban J connectivity index is 2.56. The molecule has 1 fully saturated rings. The molecule has 3 heteroatoms. The second kappa shape index (κ2) is 6.72. The summed E-state index contributed by atoms with van der Waals surface area (Å²) < 4.78 is 0. The van der Waals surface area contributed by atoms with Gasteiger partial charge in [-0.2, -0.15) is 0 Å². The molecule has 0 heterocycles.